The molecule has 0 radical (unpaired) electrons. The van der Waals surface area contributed by atoms with E-state index in [-0.39, 0.29) is 12.3 Å². The second-order valence-corrected chi connectivity index (χ2v) is 6.92. The van der Waals surface area contributed by atoms with Crippen LogP contribution in [0.5, 0.6) is 0 Å². The van der Waals surface area contributed by atoms with Gasteiger partial charge in [-0.2, -0.15) is 4.72 Å². The first-order valence-electron chi connectivity index (χ1n) is 6.67. The fraction of sp³-hybridized carbons (Fsp3) is 0.538. The Bertz CT molecular complexity index is 649. The maximum atomic E-state index is 13.6. The van der Waals surface area contributed by atoms with Crippen molar-refractivity contribution in [2.45, 2.75) is 43.2 Å². The fourth-order valence-electron chi connectivity index (χ4n) is 2.72. The molecule has 0 spiro atoms. The number of hydrogen-bond donors (Lipinski definition) is 2. The van der Waals surface area contributed by atoms with Crippen LogP contribution >= 0.6 is 0 Å². The molecular formula is C13H17FN2O4S. The first-order chi connectivity index (χ1) is 9.79. The number of carbonyl (C=O) groups is 1. The van der Waals surface area contributed by atoms with E-state index in [1.54, 1.807) is 6.92 Å². The van der Waals surface area contributed by atoms with Gasteiger partial charge in [-0.1, -0.05) is 19.8 Å². The van der Waals surface area contributed by atoms with Crippen molar-refractivity contribution in [2.24, 2.45) is 5.92 Å². The van der Waals surface area contributed by atoms with E-state index in [2.05, 4.69) is 9.71 Å². The van der Waals surface area contributed by atoms with Crippen molar-refractivity contribution >= 4 is 16.0 Å². The minimum absolute atomic E-state index is 0.178. The quantitative estimate of drug-likeness (QED) is 0.878. The average Bonchev–Trinajstić information content (AvgIpc) is 2.41. The number of pyridine rings is 1. The van der Waals surface area contributed by atoms with Crippen molar-refractivity contribution in [3.63, 3.8) is 0 Å². The normalized spacial score (nSPS) is 26.5. The van der Waals surface area contributed by atoms with Crippen molar-refractivity contribution in [1.82, 2.24) is 9.71 Å². The first kappa shape index (κ1) is 15.8. The van der Waals surface area contributed by atoms with Gasteiger partial charge in [0, 0.05) is 6.20 Å². The van der Waals surface area contributed by atoms with Crippen LogP contribution in [0.1, 0.15) is 32.6 Å². The second kappa shape index (κ2) is 5.69. The Morgan fingerprint density at radius 1 is 1.52 bits per heavy atom. The van der Waals surface area contributed by atoms with Gasteiger partial charge in [-0.25, -0.2) is 17.8 Å². The summed E-state index contributed by atoms with van der Waals surface area (Å²) in [5.41, 5.74) is -1.61. The van der Waals surface area contributed by atoms with Crippen LogP contribution in [0.2, 0.25) is 0 Å². The summed E-state index contributed by atoms with van der Waals surface area (Å²) in [6.45, 7) is 1.69. The Morgan fingerprint density at radius 3 is 2.81 bits per heavy atom. The minimum atomic E-state index is -4.34. The molecule has 116 valence electrons. The summed E-state index contributed by atoms with van der Waals surface area (Å²) in [6.07, 6.45) is 3.37. The number of carboxylic acids is 1. The predicted molar refractivity (Wildman–Crippen MR) is 72.5 cm³/mol. The number of rotatable bonds is 4. The van der Waals surface area contributed by atoms with Crippen molar-refractivity contribution < 1.29 is 22.7 Å². The third kappa shape index (κ3) is 2.91. The number of carboxylic acid groups (broad SMARTS) is 1. The van der Waals surface area contributed by atoms with Gasteiger partial charge in [0.1, 0.15) is 5.54 Å². The average molecular weight is 316 g/mol. The van der Waals surface area contributed by atoms with E-state index in [1.165, 1.54) is 6.07 Å². The summed E-state index contributed by atoms with van der Waals surface area (Å²) < 4.78 is 40.4. The summed E-state index contributed by atoms with van der Waals surface area (Å²) in [4.78, 5) is 15.2. The third-order valence-corrected chi connectivity index (χ3v) is 5.42. The zero-order chi connectivity index (χ0) is 15.7. The zero-order valence-electron chi connectivity index (χ0n) is 11.5. The van der Waals surface area contributed by atoms with Gasteiger partial charge in [0.15, 0.2) is 5.82 Å². The summed E-state index contributed by atoms with van der Waals surface area (Å²) in [7, 11) is -4.34. The highest BCUT2D eigenvalue weighted by Gasteiger charge is 2.48. The van der Waals surface area contributed by atoms with Gasteiger partial charge in [-0.05, 0) is 30.9 Å². The molecule has 0 amide bonds. The monoisotopic (exact) mass is 316 g/mol. The molecule has 1 aromatic heterocycles. The zero-order valence-corrected chi connectivity index (χ0v) is 12.4. The lowest BCUT2D eigenvalue weighted by Gasteiger charge is -2.39. The van der Waals surface area contributed by atoms with Crippen molar-refractivity contribution in [1.29, 1.82) is 0 Å². The van der Waals surface area contributed by atoms with Crippen molar-refractivity contribution in [3.05, 3.63) is 24.1 Å². The number of nitrogens with zero attached hydrogens (tertiary/aromatic N) is 1. The van der Waals surface area contributed by atoms with E-state index in [4.69, 9.17) is 0 Å². The smallest absolute Gasteiger partial charge is 0.325 e. The molecule has 0 bridgehead atoms. The van der Waals surface area contributed by atoms with Crippen LogP contribution in [0.15, 0.2) is 23.4 Å². The predicted octanol–water partition coefficient (Wildman–Crippen LogP) is 1.53. The van der Waals surface area contributed by atoms with Crippen LogP contribution in [-0.2, 0) is 14.8 Å². The summed E-state index contributed by atoms with van der Waals surface area (Å²) in [5.74, 6) is -2.63. The molecule has 2 N–H and O–H groups in total. The largest absolute Gasteiger partial charge is 0.480 e. The highest BCUT2D eigenvalue weighted by molar-refractivity contribution is 7.89. The number of sulfonamides is 1. The van der Waals surface area contributed by atoms with Crippen LogP contribution < -0.4 is 4.72 Å². The van der Waals surface area contributed by atoms with E-state index in [0.717, 1.165) is 18.7 Å². The van der Waals surface area contributed by atoms with Crippen LogP contribution in [0, 0.1) is 11.7 Å². The van der Waals surface area contributed by atoms with Gasteiger partial charge in [0.2, 0.25) is 5.03 Å². The summed E-state index contributed by atoms with van der Waals surface area (Å²) in [5, 5.41) is 8.72. The fourth-order valence-corrected chi connectivity index (χ4v) is 4.21. The molecule has 6 nitrogen and oxygen atoms in total. The van der Waals surface area contributed by atoms with Crippen LogP contribution in [0.3, 0.4) is 0 Å². The van der Waals surface area contributed by atoms with E-state index in [0.29, 0.717) is 12.8 Å². The Labute approximate surface area is 122 Å². The lowest BCUT2D eigenvalue weighted by molar-refractivity contribution is -0.147. The molecule has 2 rings (SSSR count). The van der Waals surface area contributed by atoms with Crippen molar-refractivity contribution in [3.8, 4) is 0 Å². The molecule has 0 aliphatic heterocycles. The summed E-state index contributed by atoms with van der Waals surface area (Å²) in [6, 6.07) is 2.24. The number of nitrogens with one attached hydrogen (secondary N) is 1. The van der Waals surface area contributed by atoms with Crippen LogP contribution in [-0.4, -0.2) is 30.0 Å². The molecule has 1 aliphatic carbocycles. The number of hydrogen-bond acceptors (Lipinski definition) is 4. The van der Waals surface area contributed by atoms with Crippen LogP contribution in [0.4, 0.5) is 4.39 Å². The number of halogens is 1. The van der Waals surface area contributed by atoms with Gasteiger partial charge in [0.25, 0.3) is 10.0 Å². The lowest BCUT2D eigenvalue weighted by Crippen LogP contribution is -2.59. The maximum Gasteiger partial charge on any atom is 0.325 e. The molecule has 8 heteroatoms. The van der Waals surface area contributed by atoms with E-state index in [1.807, 2.05) is 0 Å². The van der Waals surface area contributed by atoms with Crippen molar-refractivity contribution in [2.75, 3.05) is 0 Å². The van der Waals surface area contributed by atoms with Crippen LogP contribution in [0.25, 0.3) is 0 Å². The van der Waals surface area contributed by atoms with Gasteiger partial charge in [-0.3, -0.25) is 4.79 Å². The molecule has 1 heterocycles. The van der Waals surface area contributed by atoms with E-state index >= 15 is 0 Å². The van der Waals surface area contributed by atoms with Gasteiger partial charge in [0.05, 0.1) is 0 Å². The Hall–Kier alpha value is -1.54. The lowest BCUT2D eigenvalue weighted by atomic mass is 9.74. The van der Waals surface area contributed by atoms with Gasteiger partial charge < -0.3 is 5.11 Å². The standard InChI is InChI=1S/C13H17FN2O4S/c1-9-5-2-3-7-13(9,12(17)18)16-21(19,20)11-10(14)6-4-8-15-11/h4,6,8-9,16H,2-3,5,7H2,1H3,(H,17,18). The Balaban J connectivity index is 2.42. The molecule has 2 unspecified atom stereocenters. The Morgan fingerprint density at radius 2 is 2.24 bits per heavy atom. The number of aliphatic carboxylic acids is 1. The molecule has 1 saturated carbocycles. The second-order valence-electron chi connectivity index (χ2n) is 5.32. The Kier molecular flexibility index (Phi) is 4.29. The van der Waals surface area contributed by atoms with Gasteiger partial charge >= 0.3 is 5.97 Å². The highest BCUT2D eigenvalue weighted by Crippen LogP contribution is 2.35. The minimum Gasteiger partial charge on any atom is -0.480 e. The molecule has 2 atom stereocenters. The summed E-state index contributed by atoms with van der Waals surface area (Å²) >= 11 is 0. The van der Waals surface area contributed by atoms with E-state index in [9.17, 15) is 22.7 Å². The molecule has 1 fully saturated rings. The SMILES string of the molecule is CC1CCCCC1(NS(=O)(=O)c1ncccc1F)C(=O)O. The molecule has 21 heavy (non-hydrogen) atoms. The molecule has 0 saturated heterocycles. The maximum absolute atomic E-state index is 13.6. The third-order valence-electron chi connectivity index (χ3n) is 3.98. The first-order valence-corrected chi connectivity index (χ1v) is 8.16. The molecule has 0 aromatic carbocycles. The topological polar surface area (TPSA) is 96.4 Å². The molecule has 1 aliphatic rings. The number of aromatic nitrogens is 1. The molecular weight excluding hydrogens is 299 g/mol. The van der Waals surface area contributed by atoms with Gasteiger partial charge in [-0.15, -0.1) is 0 Å². The van der Waals surface area contributed by atoms with E-state index < -0.39 is 32.4 Å². The highest BCUT2D eigenvalue weighted by atomic mass is 32.2. The molecule has 1 aromatic rings.